The summed E-state index contributed by atoms with van der Waals surface area (Å²) in [6.45, 7) is 13.2. The van der Waals surface area contributed by atoms with Crippen molar-refractivity contribution in [3.8, 4) is 0 Å². The van der Waals surface area contributed by atoms with Crippen LogP contribution in [0.25, 0.3) is 0 Å². The van der Waals surface area contributed by atoms with Crippen molar-refractivity contribution in [1.82, 2.24) is 10.2 Å². The van der Waals surface area contributed by atoms with E-state index in [2.05, 4.69) is 44.0 Å². The third-order valence-electron chi connectivity index (χ3n) is 4.09. The van der Waals surface area contributed by atoms with Gasteiger partial charge in [-0.3, -0.25) is 4.90 Å². The Kier molecular flexibility index (Phi) is 5.28. The van der Waals surface area contributed by atoms with Gasteiger partial charge < -0.3 is 9.73 Å². The summed E-state index contributed by atoms with van der Waals surface area (Å²) in [5.41, 5.74) is 1.40. The molecule has 1 N–H and O–H groups in total. The lowest BCUT2D eigenvalue weighted by Gasteiger charge is -2.31. The molecule has 3 heteroatoms. The van der Waals surface area contributed by atoms with Crippen LogP contribution in [0.5, 0.6) is 0 Å². The summed E-state index contributed by atoms with van der Waals surface area (Å²) >= 11 is 0. The van der Waals surface area contributed by atoms with Crippen molar-refractivity contribution in [3.63, 3.8) is 0 Å². The molecule has 114 valence electrons. The SMILES string of the molecule is CCC1CCCN(Cc2cc(CNC(C)(C)C)co2)C1. The van der Waals surface area contributed by atoms with E-state index in [9.17, 15) is 0 Å². The van der Waals surface area contributed by atoms with Crippen molar-refractivity contribution in [2.45, 2.75) is 65.6 Å². The molecular weight excluding hydrogens is 248 g/mol. The molecule has 0 amide bonds. The highest BCUT2D eigenvalue weighted by Gasteiger charge is 2.19. The third-order valence-corrected chi connectivity index (χ3v) is 4.09. The number of nitrogens with zero attached hydrogens (tertiary/aromatic N) is 1. The van der Waals surface area contributed by atoms with E-state index in [1.807, 2.05) is 6.26 Å². The minimum absolute atomic E-state index is 0.151. The van der Waals surface area contributed by atoms with E-state index in [0.29, 0.717) is 0 Å². The second-order valence-corrected chi connectivity index (χ2v) is 7.18. The maximum absolute atomic E-state index is 5.72. The Morgan fingerprint density at radius 1 is 1.40 bits per heavy atom. The molecule has 1 aromatic rings. The van der Waals surface area contributed by atoms with Crippen LogP contribution >= 0.6 is 0 Å². The molecule has 1 unspecified atom stereocenters. The monoisotopic (exact) mass is 278 g/mol. The molecule has 1 aliphatic rings. The van der Waals surface area contributed by atoms with Crippen molar-refractivity contribution in [2.75, 3.05) is 13.1 Å². The minimum Gasteiger partial charge on any atom is -0.468 e. The lowest BCUT2D eigenvalue weighted by atomic mass is 9.96. The lowest BCUT2D eigenvalue weighted by Crippen LogP contribution is -2.35. The predicted molar refractivity (Wildman–Crippen MR) is 83.6 cm³/mol. The molecule has 0 bridgehead atoms. The highest BCUT2D eigenvalue weighted by molar-refractivity contribution is 5.13. The van der Waals surface area contributed by atoms with E-state index < -0.39 is 0 Å². The van der Waals surface area contributed by atoms with Gasteiger partial charge in [0, 0.05) is 24.2 Å². The van der Waals surface area contributed by atoms with Crippen LogP contribution in [-0.4, -0.2) is 23.5 Å². The Morgan fingerprint density at radius 3 is 2.90 bits per heavy atom. The molecule has 0 aromatic carbocycles. The van der Waals surface area contributed by atoms with Gasteiger partial charge in [0.25, 0.3) is 0 Å². The number of likely N-dealkylation sites (tertiary alicyclic amines) is 1. The van der Waals surface area contributed by atoms with Crippen LogP contribution in [0.1, 0.15) is 58.3 Å². The Balaban J connectivity index is 1.83. The van der Waals surface area contributed by atoms with E-state index >= 15 is 0 Å². The normalized spacial score (nSPS) is 21.3. The quantitative estimate of drug-likeness (QED) is 0.888. The standard InChI is InChI=1S/C17H30N2O/c1-5-14-7-6-8-19(11-14)12-16-9-15(13-20-16)10-18-17(2,3)4/h9,13-14,18H,5-8,10-12H2,1-4H3. The first kappa shape index (κ1) is 15.6. The van der Waals surface area contributed by atoms with Gasteiger partial charge in [0.2, 0.25) is 0 Å². The van der Waals surface area contributed by atoms with Gasteiger partial charge in [0.15, 0.2) is 0 Å². The third kappa shape index (κ3) is 4.95. The van der Waals surface area contributed by atoms with Crippen LogP contribution < -0.4 is 5.32 Å². The van der Waals surface area contributed by atoms with Crippen LogP contribution in [0.2, 0.25) is 0 Å². The first-order valence-corrected chi connectivity index (χ1v) is 8.00. The predicted octanol–water partition coefficient (Wildman–Crippen LogP) is 3.79. The molecule has 0 saturated carbocycles. The van der Waals surface area contributed by atoms with Gasteiger partial charge in [0.05, 0.1) is 12.8 Å². The topological polar surface area (TPSA) is 28.4 Å². The number of hydrogen-bond donors (Lipinski definition) is 1. The zero-order valence-corrected chi connectivity index (χ0v) is 13.5. The highest BCUT2D eigenvalue weighted by atomic mass is 16.3. The van der Waals surface area contributed by atoms with Gasteiger partial charge in [0.1, 0.15) is 5.76 Å². The average Bonchev–Trinajstić information content (AvgIpc) is 2.83. The maximum Gasteiger partial charge on any atom is 0.118 e. The number of piperidine rings is 1. The Bertz CT molecular complexity index is 405. The van der Waals surface area contributed by atoms with E-state index in [0.717, 1.165) is 24.8 Å². The molecular formula is C17H30N2O. The Morgan fingerprint density at radius 2 is 2.20 bits per heavy atom. The van der Waals surface area contributed by atoms with Gasteiger partial charge in [-0.1, -0.05) is 13.3 Å². The molecule has 1 atom stereocenters. The molecule has 1 aromatic heterocycles. The molecule has 1 aliphatic heterocycles. The smallest absolute Gasteiger partial charge is 0.118 e. The zero-order valence-electron chi connectivity index (χ0n) is 13.5. The van der Waals surface area contributed by atoms with Gasteiger partial charge in [-0.25, -0.2) is 0 Å². The lowest BCUT2D eigenvalue weighted by molar-refractivity contribution is 0.154. The largest absolute Gasteiger partial charge is 0.468 e. The molecule has 0 spiro atoms. The Labute approximate surface area is 123 Å². The number of rotatable bonds is 5. The summed E-state index contributed by atoms with van der Waals surface area (Å²) in [7, 11) is 0. The van der Waals surface area contributed by atoms with Crippen molar-refractivity contribution >= 4 is 0 Å². The van der Waals surface area contributed by atoms with Crippen molar-refractivity contribution in [2.24, 2.45) is 5.92 Å². The molecule has 20 heavy (non-hydrogen) atoms. The summed E-state index contributed by atoms with van der Waals surface area (Å²) < 4.78 is 5.72. The molecule has 1 saturated heterocycles. The van der Waals surface area contributed by atoms with Gasteiger partial charge in [-0.15, -0.1) is 0 Å². The van der Waals surface area contributed by atoms with Crippen LogP contribution in [0, 0.1) is 5.92 Å². The molecule has 0 aliphatic carbocycles. The average molecular weight is 278 g/mol. The second-order valence-electron chi connectivity index (χ2n) is 7.18. The van der Waals surface area contributed by atoms with E-state index in [-0.39, 0.29) is 5.54 Å². The fourth-order valence-electron chi connectivity index (χ4n) is 2.82. The molecule has 3 nitrogen and oxygen atoms in total. The van der Waals surface area contributed by atoms with Crippen LogP contribution in [0.3, 0.4) is 0 Å². The summed E-state index contributed by atoms with van der Waals surface area (Å²) in [5.74, 6) is 1.98. The second kappa shape index (κ2) is 6.77. The van der Waals surface area contributed by atoms with Gasteiger partial charge in [-0.2, -0.15) is 0 Å². The summed E-state index contributed by atoms with van der Waals surface area (Å²) in [4.78, 5) is 2.54. The number of hydrogen-bond acceptors (Lipinski definition) is 3. The molecule has 2 heterocycles. The maximum atomic E-state index is 5.72. The highest BCUT2D eigenvalue weighted by Crippen LogP contribution is 2.21. The first-order chi connectivity index (χ1) is 9.46. The molecule has 2 rings (SSSR count). The number of nitrogens with one attached hydrogen (secondary N) is 1. The summed E-state index contributed by atoms with van der Waals surface area (Å²) in [5, 5.41) is 3.50. The molecule has 1 fully saturated rings. The van der Waals surface area contributed by atoms with Gasteiger partial charge in [-0.05, 0) is 52.1 Å². The van der Waals surface area contributed by atoms with E-state index in [1.54, 1.807) is 0 Å². The fraction of sp³-hybridized carbons (Fsp3) is 0.765. The van der Waals surface area contributed by atoms with Crippen LogP contribution in [0.15, 0.2) is 16.7 Å². The van der Waals surface area contributed by atoms with Crippen molar-refractivity contribution in [1.29, 1.82) is 0 Å². The fourth-order valence-corrected chi connectivity index (χ4v) is 2.82. The van der Waals surface area contributed by atoms with Crippen molar-refractivity contribution in [3.05, 3.63) is 23.7 Å². The van der Waals surface area contributed by atoms with E-state index in [4.69, 9.17) is 4.42 Å². The van der Waals surface area contributed by atoms with Crippen molar-refractivity contribution < 1.29 is 4.42 Å². The summed E-state index contributed by atoms with van der Waals surface area (Å²) in [6.07, 6.45) is 5.92. The minimum atomic E-state index is 0.151. The summed E-state index contributed by atoms with van der Waals surface area (Å²) in [6, 6.07) is 2.20. The zero-order chi connectivity index (χ0) is 14.6. The van der Waals surface area contributed by atoms with E-state index in [1.165, 1.54) is 37.9 Å². The van der Waals surface area contributed by atoms with Crippen LogP contribution in [-0.2, 0) is 13.1 Å². The van der Waals surface area contributed by atoms with Crippen LogP contribution in [0.4, 0.5) is 0 Å². The first-order valence-electron chi connectivity index (χ1n) is 8.00. The van der Waals surface area contributed by atoms with Gasteiger partial charge >= 0.3 is 0 Å². The number of furan rings is 1. The molecule has 0 radical (unpaired) electrons. The Hall–Kier alpha value is -0.800.